The van der Waals surface area contributed by atoms with Crippen molar-refractivity contribution < 1.29 is 14.6 Å². The molecule has 3 nitrogen and oxygen atoms in total. The third-order valence-electron chi connectivity index (χ3n) is 2.59. The molecule has 1 N–H and O–H groups in total. The molecule has 0 aliphatic carbocycles. The molecule has 0 bridgehead atoms. The Hall–Kier alpha value is -1.35. The molecule has 0 aromatic heterocycles. The summed E-state index contributed by atoms with van der Waals surface area (Å²) in [5, 5.41) is 8.89. The maximum Gasteiger partial charge on any atom is 0.333 e. The van der Waals surface area contributed by atoms with Gasteiger partial charge < -0.3 is 9.84 Å². The highest BCUT2D eigenvalue weighted by Gasteiger charge is 2.18. The van der Waals surface area contributed by atoms with Gasteiger partial charge in [-0.15, -0.1) is 0 Å². The second kappa shape index (κ2) is 4.94. The monoisotopic (exact) mass is 208 g/mol. The fourth-order valence-electron chi connectivity index (χ4n) is 1.63. The summed E-state index contributed by atoms with van der Waals surface area (Å²) in [7, 11) is 1.42. The lowest BCUT2D eigenvalue weighted by atomic mass is 9.97. The van der Waals surface area contributed by atoms with Crippen molar-refractivity contribution >= 4 is 5.97 Å². The molecule has 0 amide bonds. The number of aliphatic carboxylic acids is 1. The number of rotatable bonds is 4. The van der Waals surface area contributed by atoms with E-state index in [1.807, 2.05) is 32.0 Å². The Morgan fingerprint density at radius 2 is 1.93 bits per heavy atom. The minimum absolute atomic E-state index is 0.421. The van der Waals surface area contributed by atoms with E-state index in [2.05, 4.69) is 0 Å². The first-order valence-corrected chi connectivity index (χ1v) is 4.87. The molecule has 1 aromatic carbocycles. The average molecular weight is 208 g/mol. The van der Waals surface area contributed by atoms with Crippen LogP contribution in [0.4, 0.5) is 0 Å². The third kappa shape index (κ3) is 2.80. The SMILES string of the molecule is COC(Cc1c(C)cccc1C)C(=O)O. The van der Waals surface area contributed by atoms with Gasteiger partial charge in [-0.2, -0.15) is 0 Å². The zero-order valence-electron chi connectivity index (χ0n) is 9.28. The number of hydrogen-bond donors (Lipinski definition) is 1. The van der Waals surface area contributed by atoms with E-state index < -0.39 is 12.1 Å². The molecule has 3 heteroatoms. The van der Waals surface area contributed by atoms with Crippen molar-refractivity contribution in [2.75, 3.05) is 7.11 Å². The normalized spacial score (nSPS) is 12.5. The fourth-order valence-corrected chi connectivity index (χ4v) is 1.63. The van der Waals surface area contributed by atoms with Gasteiger partial charge in [-0.1, -0.05) is 18.2 Å². The first-order valence-electron chi connectivity index (χ1n) is 4.87. The van der Waals surface area contributed by atoms with Crippen LogP contribution in [0, 0.1) is 13.8 Å². The van der Waals surface area contributed by atoms with Gasteiger partial charge in [0.1, 0.15) is 0 Å². The van der Waals surface area contributed by atoms with Gasteiger partial charge in [0.15, 0.2) is 6.10 Å². The van der Waals surface area contributed by atoms with Crippen LogP contribution in [0.25, 0.3) is 0 Å². The molecule has 0 heterocycles. The van der Waals surface area contributed by atoms with Crippen molar-refractivity contribution in [3.05, 3.63) is 34.9 Å². The molecule has 0 saturated heterocycles. The molecular formula is C12H16O3. The van der Waals surface area contributed by atoms with Gasteiger partial charge in [0, 0.05) is 13.5 Å². The van der Waals surface area contributed by atoms with E-state index in [4.69, 9.17) is 9.84 Å². The Bertz CT molecular complexity index is 338. The molecule has 15 heavy (non-hydrogen) atoms. The standard InChI is InChI=1S/C12H16O3/c1-8-5-4-6-9(2)10(8)7-11(15-3)12(13)14/h4-6,11H,7H2,1-3H3,(H,13,14). The molecule has 0 spiro atoms. The Morgan fingerprint density at radius 1 is 1.40 bits per heavy atom. The largest absolute Gasteiger partial charge is 0.479 e. The van der Waals surface area contributed by atoms with E-state index in [9.17, 15) is 4.79 Å². The zero-order chi connectivity index (χ0) is 11.4. The molecule has 0 aliphatic heterocycles. The van der Waals surface area contributed by atoms with Crippen LogP contribution in [0.15, 0.2) is 18.2 Å². The summed E-state index contributed by atoms with van der Waals surface area (Å²) in [5.41, 5.74) is 3.28. The molecule has 1 atom stereocenters. The first kappa shape index (κ1) is 11.7. The van der Waals surface area contributed by atoms with Gasteiger partial charge in [0.2, 0.25) is 0 Å². The summed E-state index contributed by atoms with van der Waals surface area (Å²) in [6.07, 6.45) is -0.338. The van der Waals surface area contributed by atoms with Gasteiger partial charge in [0.25, 0.3) is 0 Å². The Balaban J connectivity index is 2.92. The quantitative estimate of drug-likeness (QED) is 0.822. The van der Waals surface area contributed by atoms with Crippen LogP contribution in [0.1, 0.15) is 16.7 Å². The lowest BCUT2D eigenvalue weighted by Crippen LogP contribution is -2.25. The highest BCUT2D eigenvalue weighted by molar-refractivity contribution is 5.72. The van der Waals surface area contributed by atoms with Crippen molar-refractivity contribution in [3.8, 4) is 0 Å². The molecule has 0 radical (unpaired) electrons. The van der Waals surface area contributed by atoms with Crippen LogP contribution < -0.4 is 0 Å². The fraction of sp³-hybridized carbons (Fsp3) is 0.417. The number of carboxylic acid groups (broad SMARTS) is 1. The molecule has 82 valence electrons. The number of aryl methyl sites for hydroxylation is 2. The molecule has 1 aromatic rings. The van der Waals surface area contributed by atoms with Crippen molar-refractivity contribution in [1.29, 1.82) is 0 Å². The van der Waals surface area contributed by atoms with Gasteiger partial charge in [0.05, 0.1) is 0 Å². The zero-order valence-corrected chi connectivity index (χ0v) is 9.28. The summed E-state index contributed by atoms with van der Waals surface area (Å²) < 4.78 is 4.93. The topological polar surface area (TPSA) is 46.5 Å². The highest BCUT2D eigenvalue weighted by Crippen LogP contribution is 2.16. The van der Waals surface area contributed by atoms with Crippen molar-refractivity contribution in [3.63, 3.8) is 0 Å². The molecule has 1 rings (SSSR count). The van der Waals surface area contributed by atoms with E-state index in [1.54, 1.807) is 0 Å². The smallest absolute Gasteiger partial charge is 0.333 e. The number of carbonyl (C=O) groups is 1. The van der Waals surface area contributed by atoms with Crippen LogP contribution in [0.2, 0.25) is 0 Å². The van der Waals surface area contributed by atoms with E-state index in [0.29, 0.717) is 6.42 Å². The van der Waals surface area contributed by atoms with Gasteiger partial charge in [-0.25, -0.2) is 4.79 Å². The van der Waals surface area contributed by atoms with E-state index in [-0.39, 0.29) is 0 Å². The van der Waals surface area contributed by atoms with Gasteiger partial charge in [-0.05, 0) is 30.5 Å². The van der Waals surface area contributed by atoms with Crippen LogP contribution in [-0.4, -0.2) is 24.3 Å². The lowest BCUT2D eigenvalue weighted by Gasteiger charge is -2.14. The van der Waals surface area contributed by atoms with E-state index >= 15 is 0 Å². The van der Waals surface area contributed by atoms with Crippen LogP contribution in [0.5, 0.6) is 0 Å². The third-order valence-corrected chi connectivity index (χ3v) is 2.59. The second-order valence-corrected chi connectivity index (χ2v) is 3.64. The number of methoxy groups -OCH3 is 1. The van der Waals surface area contributed by atoms with Gasteiger partial charge >= 0.3 is 5.97 Å². The summed E-state index contributed by atoms with van der Waals surface area (Å²) in [6, 6.07) is 5.94. The van der Waals surface area contributed by atoms with Gasteiger partial charge in [-0.3, -0.25) is 0 Å². The predicted octanol–water partition coefficient (Wildman–Crippen LogP) is 1.95. The second-order valence-electron chi connectivity index (χ2n) is 3.64. The minimum Gasteiger partial charge on any atom is -0.479 e. The highest BCUT2D eigenvalue weighted by atomic mass is 16.5. The van der Waals surface area contributed by atoms with E-state index in [1.165, 1.54) is 7.11 Å². The Labute approximate surface area is 89.7 Å². The molecule has 0 aliphatic rings. The average Bonchev–Trinajstić information content (AvgIpc) is 2.17. The van der Waals surface area contributed by atoms with E-state index in [0.717, 1.165) is 16.7 Å². The van der Waals surface area contributed by atoms with Crippen molar-refractivity contribution in [1.82, 2.24) is 0 Å². The molecule has 0 saturated carbocycles. The Morgan fingerprint density at radius 3 is 2.33 bits per heavy atom. The van der Waals surface area contributed by atoms with Crippen LogP contribution in [0.3, 0.4) is 0 Å². The number of hydrogen-bond acceptors (Lipinski definition) is 2. The summed E-state index contributed by atoms with van der Waals surface area (Å²) in [6.45, 7) is 3.97. The van der Waals surface area contributed by atoms with Crippen LogP contribution in [-0.2, 0) is 16.0 Å². The molecular weight excluding hydrogens is 192 g/mol. The predicted molar refractivity (Wildman–Crippen MR) is 58.1 cm³/mol. The lowest BCUT2D eigenvalue weighted by molar-refractivity contribution is -0.148. The summed E-state index contributed by atoms with van der Waals surface area (Å²) in [5.74, 6) is -0.917. The minimum atomic E-state index is -0.917. The summed E-state index contributed by atoms with van der Waals surface area (Å²) >= 11 is 0. The van der Waals surface area contributed by atoms with Crippen molar-refractivity contribution in [2.24, 2.45) is 0 Å². The molecule has 1 unspecified atom stereocenters. The number of carboxylic acids is 1. The number of benzene rings is 1. The van der Waals surface area contributed by atoms with Crippen LogP contribution >= 0.6 is 0 Å². The molecule has 0 fully saturated rings. The Kier molecular flexibility index (Phi) is 3.86. The maximum absolute atomic E-state index is 10.8. The van der Waals surface area contributed by atoms with Crippen molar-refractivity contribution in [2.45, 2.75) is 26.4 Å². The summed E-state index contributed by atoms with van der Waals surface area (Å²) in [4.78, 5) is 10.8. The maximum atomic E-state index is 10.8. The number of ether oxygens (including phenoxy) is 1. The first-order chi connectivity index (χ1) is 7.06.